The zero-order valence-electron chi connectivity index (χ0n) is 16.3. The van der Waals surface area contributed by atoms with Crippen LogP contribution in [0.3, 0.4) is 0 Å². The highest BCUT2D eigenvalue weighted by atomic mass is 35.5. The molecule has 0 spiro atoms. The second kappa shape index (κ2) is 11.1. The summed E-state index contributed by atoms with van der Waals surface area (Å²) in [5, 5.41) is 12.5. The van der Waals surface area contributed by atoms with Crippen molar-refractivity contribution in [3.63, 3.8) is 0 Å². The van der Waals surface area contributed by atoms with Gasteiger partial charge in [-0.2, -0.15) is 10.2 Å². The van der Waals surface area contributed by atoms with E-state index in [2.05, 4.69) is 34.3 Å². The first kappa shape index (κ1) is 24.0. The fraction of sp³-hybridized carbons (Fsp3) is 0.450. The number of nitrogens with one attached hydrogen (secondary N) is 1. The van der Waals surface area contributed by atoms with Gasteiger partial charge in [0.05, 0.1) is 11.6 Å². The van der Waals surface area contributed by atoms with Gasteiger partial charge >= 0.3 is 0 Å². The van der Waals surface area contributed by atoms with Crippen molar-refractivity contribution in [1.29, 1.82) is 5.26 Å². The summed E-state index contributed by atoms with van der Waals surface area (Å²) in [5.41, 5.74) is 9.53. The van der Waals surface area contributed by atoms with Crippen LogP contribution < -0.4 is 16.0 Å². The van der Waals surface area contributed by atoms with Crippen LogP contribution in [0.5, 0.6) is 0 Å². The van der Waals surface area contributed by atoms with E-state index < -0.39 is 0 Å². The number of hydrogen-bond acceptors (Lipinski definition) is 6. The number of unbranched alkanes of at least 4 members (excludes halogenated alkanes) is 1. The van der Waals surface area contributed by atoms with Crippen molar-refractivity contribution < 1.29 is 0 Å². The number of aryl methyl sites for hydroxylation is 2. The van der Waals surface area contributed by atoms with Crippen LogP contribution in [0, 0.1) is 18.3 Å². The van der Waals surface area contributed by atoms with Crippen LogP contribution in [0.1, 0.15) is 43.0 Å². The second-order valence-electron chi connectivity index (χ2n) is 6.91. The van der Waals surface area contributed by atoms with E-state index in [1.54, 1.807) is 0 Å². The lowest BCUT2D eigenvalue weighted by molar-refractivity contribution is 0.750. The fourth-order valence-corrected chi connectivity index (χ4v) is 3.13. The molecule has 3 N–H and O–H groups in total. The van der Waals surface area contributed by atoms with Gasteiger partial charge in [0.1, 0.15) is 5.82 Å². The van der Waals surface area contributed by atoms with Crippen molar-refractivity contribution in [2.24, 2.45) is 5.73 Å². The lowest BCUT2D eigenvalue weighted by Gasteiger charge is -2.19. The van der Waals surface area contributed by atoms with E-state index in [9.17, 15) is 5.26 Å². The third-order valence-corrected chi connectivity index (χ3v) is 4.72. The molecule has 1 aliphatic rings. The maximum atomic E-state index is 9.24. The number of nitrogens with two attached hydrogens (primary N) is 1. The summed E-state index contributed by atoms with van der Waals surface area (Å²) in [6.45, 7) is 5.86. The van der Waals surface area contributed by atoms with Crippen molar-refractivity contribution in [3.8, 4) is 6.07 Å². The molecule has 1 unspecified atom stereocenters. The van der Waals surface area contributed by atoms with Gasteiger partial charge in [-0.3, -0.25) is 0 Å². The number of hydrogen-bond donors (Lipinski definition) is 2. The SMILES string of the molecule is CCCCc1cc(N2CCC(N)C2)nc(Nc2ccc(C)c(C#N)c2)n1.Cl.Cl. The minimum Gasteiger partial charge on any atom is -0.355 e. The molecular weight excluding hydrogens is 395 g/mol. The largest absolute Gasteiger partial charge is 0.355 e. The molecule has 3 rings (SSSR count). The molecule has 1 aromatic carbocycles. The molecule has 0 saturated carbocycles. The Hall–Kier alpha value is -2.07. The van der Waals surface area contributed by atoms with Crippen LogP contribution in [0.15, 0.2) is 24.3 Å². The molecular formula is C20H28Cl2N6. The van der Waals surface area contributed by atoms with Crippen LogP contribution in [-0.2, 0) is 6.42 Å². The maximum absolute atomic E-state index is 9.24. The highest BCUT2D eigenvalue weighted by Crippen LogP contribution is 2.23. The molecule has 1 saturated heterocycles. The van der Waals surface area contributed by atoms with Crippen molar-refractivity contribution in [3.05, 3.63) is 41.1 Å². The van der Waals surface area contributed by atoms with E-state index in [1.165, 1.54) is 0 Å². The number of aromatic nitrogens is 2. The molecule has 28 heavy (non-hydrogen) atoms. The maximum Gasteiger partial charge on any atom is 0.229 e. The van der Waals surface area contributed by atoms with E-state index in [-0.39, 0.29) is 30.9 Å². The number of benzene rings is 1. The normalized spacial score (nSPS) is 15.4. The van der Waals surface area contributed by atoms with Crippen LogP contribution in [0.25, 0.3) is 0 Å². The summed E-state index contributed by atoms with van der Waals surface area (Å²) in [7, 11) is 0. The molecule has 2 heterocycles. The van der Waals surface area contributed by atoms with E-state index in [4.69, 9.17) is 10.7 Å². The Kier molecular flexibility index (Phi) is 9.47. The lowest BCUT2D eigenvalue weighted by atomic mass is 10.1. The number of halogens is 2. The zero-order valence-corrected chi connectivity index (χ0v) is 17.9. The van der Waals surface area contributed by atoms with E-state index in [0.717, 1.165) is 61.5 Å². The molecule has 0 aliphatic carbocycles. The molecule has 0 amide bonds. The van der Waals surface area contributed by atoms with Crippen LogP contribution in [0.4, 0.5) is 17.5 Å². The average molecular weight is 423 g/mol. The summed E-state index contributed by atoms with van der Waals surface area (Å²) in [6, 6.07) is 10.2. The minimum atomic E-state index is 0. The molecule has 0 bridgehead atoms. The van der Waals surface area contributed by atoms with Crippen molar-refractivity contribution >= 4 is 42.3 Å². The quantitative estimate of drug-likeness (QED) is 0.726. The van der Waals surface area contributed by atoms with Crippen molar-refractivity contribution in [2.45, 2.75) is 45.6 Å². The van der Waals surface area contributed by atoms with Gasteiger partial charge in [0.15, 0.2) is 0 Å². The summed E-state index contributed by atoms with van der Waals surface area (Å²) in [4.78, 5) is 11.6. The molecule has 1 atom stereocenters. The molecule has 1 fully saturated rings. The van der Waals surface area contributed by atoms with Gasteiger partial charge < -0.3 is 16.0 Å². The number of nitrogens with zero attached hydrogens (tertiary/aromatic N) is 4. The Morgan fingerprint density at radius 2 is 2.07 bits per heavy atom. The average Bonchev–Trinajstić information content (AvgIpc) is 3.08. The molecule has 1 aromatic heterocycles. The first-order valence-corrected chi connectivity index (χ1v) is 9.25. The zero-order chi connectivity index (χ0) is 18.5. The lowest BCUT2D eigenvalue weighted by Crippen LogP contribution is -2.27. The van der Waals surface area contributed by atoms with Gasteiger partial charge in [0.25, 0.3) is 0 Å². The summed E-state index contributed by atoms with van der Waals surface area (Å²) >= 11 is 0. The standard InChI is InChI=1S/C20H26N6.2ClH/c1-3-4-5-17-11-19(26-9-8-16(22)13-26)25-20(23-17)24-18-7-6-14(2)15(10-18)12-21;;/h6-7,10-11,16H,3-5,8-9,13,22H2,1-2H3,(H,23,24,25);2*1H. The smallest absolute Gasteiger partial charge is 0.229 e. The van der Waals surface area contributed by atoms with Gasteiger partial charge in [0, 0.05) is 36.6 Å². The Bertz CT molecular complexity index is 821. The minimum absolute atomic E-state index is 0. The third kappa shape index (κ3) is 5.96. The van der Waals surface area contributed by atoms with Crippen LogP contribution in [0.2, 0.25) is 0 Å². The Balaban J connectivity index is 0.00000196. The Morgan fingerprint density at radius 3 is 2.71 bits per heavy atom. The van der Waals surface area contributed by atoms with E-state index >= 15 is 0 Å². The fourth-order valence-electron chi connectivity index (χ4n) is 3.13. The first-order chi connectivity index (χ1) is 12.6. The number of nitriles is 1. The molecule has 1 aliphatic heterocycles. The number of anilines is 3. The molecule has 0 radical (unpaired) electrons. The van der Waals surface area contributed by atoms with Gasteiger partial charge in [-0.05, 0) is 43.9 Å². The summed E-state index contributed by atoms with van der Waals surface area (Å²) in [5.74, 6) is 1.50. The topological polar surface area (TPSA) is 90.9 Å². The molecule has 2 aromatic rings. The predicted octanol–water partition coefficient (Wildman–Crippen LogP) is 4.12. The van der Waals surface area contributed by atoms with Crippen LogP contribution >= 0.6 is 24.8 Å². The highest BCUT2D eigenvalue weighted by molar-refractivity contribution is 5.85. The summed E-state index contributed by atoms with van der Waals surface area (Å²) < 4.78 is 0. The van der Waals surface area contributed by atoms with E-state index in [1.807, 2.05) is 25.1 Å². The Morgan fingerprint density at radius 1 is 1.29 bits per heavy atom. The molecule has 152 valence electrons. The predicted molar refractivity (Wildman–Crippen MR) is 119 cm³/mol. The first-order valence-electron chi connectivity index (χ1n) is 9.25. The van der Waals surface area contributed by atoms with Gasteiger partial charge in [-0.15, -0.1) is 24.8 Å². The summed E-state index contributed by atoms with van der Waals surface area (Å²) in [6.07, 6.45) is 4.14. The molecule has 8 heteroatoms. The second-order valence-corrected chi connectivity index (χ2v) is 6.91. The van der Waals surface area contributed by atoms with Crippen molar-refractivity contribution in [2.75, 3.05) is 23.3 Å². The van der Waals surface area contributed by atoms with Gasteiger partial charge in [0.2, 0.25) is 5.95 Å². The van der Waals surface area contributed by atoms with Crippen molar-refractivity contribution in [1.82, 2.24) is 9.97 Å². The highest BCUT2D eigenvalue weighted by Gasteiger charge is 2.21. The van der Waals surface area contributed by atoms with Gasteiger partial charge in [-0.25, -0.2) is 4.98 Å². The Labute approximate surface area is 179 Å². The van der Waals surface area contributed by atoms with E-state index in [0.29, 0.717) is 11.5 Å². The van der Waals surface area contributed by atoms with Crippen LogP contribution in [-0.4, -0.2) is 29.1 Å². The third-order valence-electron chi connectivity index (χ3n) is 4.72. The number of rotatable bonds is 6. The monoisotopic (exact) mass is 422 g/mol. The van der Waals surface area contributed by atoms with Gasteiger partial charge in [-0.1, -0.05) is 19.4 Å². The molecule has 6 nitrogen and oxygen atoms in total.